The number of hydrogen-bond acceptors (Lipinski definition) is 4. The number of rotatable bonds is 8. The summed E-state index contributed by atoms with van der Waals surface area (Å²) in [6, 6.07) is 15.2. The van der Waals surface area contributed by atoms with Gasteiger partial charge in [0.1, 0.15) is 0 Å². The van der Waals surface area contributed by atoms with Crippen LogP contribution in [0.2, 0.25) is 0 Å². The summed E-state index contributed by atoms with van der Waals surface area (Å²) in [5.41, 5.74) is 2.42. The fraction of sp³-hybridized carbons (Fsp3) is 0.381. The first-order valence-electron chi connectivity index (χ1n) is 9.55. The summed E-state index contributed by atoms with van der Waals surface area (Å²) in [5, 5.41) is 0. The van der Waals surface area contributed by atoms with Crippen molar-refractivity contribution in [1.82, 2.24) is 4.72 Å². The molecule has 1 N–H and O–H groups in total. The zero-order valence-corrected chi connectivity index (χ0v) is 17.2. The van der Waals surface area contributed by atoms with E-state index in [0.29, 0.717) is 37.2 Å². The normalized spacial score (nSPS) is 14.5. The Morgan fingerprint density at radius 2 is 1.89 bits per heavy atom. The highest BCUT2D eigenvalue weighted by molar-refractivity contribution is 7.89. The van der Waals surface area contributed by atoms with Crippen molar-refractivity contribution < 1.29 is 13.2 Å². The van der Waals surface area contributed by atoms with E-state index in [1.165, 1.54) is 0 Å². The number of nitrogens with one attached hydrogen (secondary N) is 1. The minimum atomic E-state index is -3.63. The van der Waals surface area contributed by atoms with E-state index in [1.807, 2.05) is 43.4 Å². The van der Waals surface area contributed by atoms with Crippen LogP contribution in [0.5, 0.6) is 0 Å². The molecule has 2 aromatic carbocycles. The van der Waals surface area contributed by atoms with Gasteiger partial charge < -0.3 is 9.80 Å². The SMILES string of the molecule is Cc1ccc(N2CCCC2=O)cc1S(=O)(=O)NCCCN(C)c1ccccc1. The number of hydrogen-bond donors (Lipinski definition) is 1. The Bertz CT molecular complexity index is 929. The minimum Gasteiger partial charge on any atom is -0.375 e. The predicted molar refractivity (Wildman–Crippen MR) is 112 cm³/mol. The second-order valence-electron chi connectivity index (χ2n) is 7.11. The van der Waals surface area contributed by atoms with Crippen LogP contribution in [0.4, 0.5) is 11.4 Å². The maximum absolute atomic E-state index is 12.8. The molecule has 0 spiro atoms. The van der Waals surface area contributed by atoms with Crippen molar-refractivity contribution in [1.29, 1.82) is 0 Å². The molecule has 2 aromatic rings. The molecule has 0 saturated carbocycles. The Labute approximate surface area is 167 Å². The fourth-order valence-electron chi connectivity index (χ4n) is 3.38. The smallest absolute Gasteiger partial charge is 0.240 e. The lowest BCUT2D eigenvalue weighted by molar-refractivity contribution is -0.117. The molecule has 1 heterocycles. The molecular weight excluding hydrogens is 374 g/mol. The van der Waals surface area contributed by atoms with Gasteiger partial charge in [-0.15, -0.1) is 0 Å². The van der Waals surface area contributed by atoms with E-state index in [4.69, 9.17) is 0 Å². The van der Waals surface area contributed by atoms with Gasteiger partial charge in [0.25, 0.3) is 0 Å². The molecule has 3 rings (SSSR count). The van der Waals surface area contributed by atoms with E-state index in [9.17, 15) is 13.2 Å². The average molecular weight is 402 g/mol. The molecule has 1 aliphatic heterocycles. The summed E-state index contributed by atoms with van der Waals surface area (Å²) in [6.07, 6.45) is 2.01. The number of carbonyl (C=O) groups is 1. The van der Waals surface area contributed by atoms with Gasteiger partial charge >= 0.3 is 0 Å². The molecule has 0 aliphatic carbocycles. The third-order valence-corrected chi connectivity index (χ3v) is 6.61. The summed E-state index contributed by atoms with van der Waals surface area (Å²) in [6.45, 7) is 3.51. The van der Waals surface area contributed by atoms with Gasteiger partial charge in [0.05, 0.1) is 4.90 Å². The highest BCUT2D eigenvalue weighted by Gasteiger charge is 2.24. The molecule has 1 saturated heterocycles. The molecule has 0 unspecified atom stereocenters. The van der Waals surface area contributed by atoms with Crippen LogP contribution in [0, 0.1) is 6.92 Å². The summed E-state index contributed by atoms with van der Waals surface area (Å²) in [7, 11) is -1.64. The lowest BCUT2D eigenvalue weighted by atomic mass is 10.2. The number of anilines is 2. The van der Waals surface area contributed by atoms with Crippen molar-refractivity contribution in [2.24, 2.45) is 0 Å². The van der Waals surface area contributed by atoms with Crippen molar-refractivity contribution in [2.45, 2.75) is 31.1 Å². The number of sulfonamides is 1. The first kappa shape index (κ1) is 20.4. The summed E-state index contributed by atoms with van der Waals surface area (Å²) in [5.74, 6) is 0.0455. The van der Waals surface area contributed by atoms with E-state index in [1.54, 1.807) is 24.0 Å². The quantitative estimate of drug-likeness (QED) is 0.691. The molecule has 1 fully saturated rings. The van der Waals surface area contributed by atoms with E-state index in [0.717, 1.165) is 18.7 Å². The Hall–Kier alpha value is -2.38. The largest absolute Gasteiger partial charge is 0.375 e. The van der Waals surface area contributed by atoms with Crippen LogP contribution in [0.1, 0.15) is 24.8 Å². The fourth-order valence-corrected chi connectivity index (χ4v) is 4.72. The van der Waals surface area contributed by atoms with Crippen LogP contribution in [0.3, 0.4) is 0 Å². The number of carbonyl (C=O) groups excluding carboxylic acids is 1. The van der Waals surface area contributed by atoms with Gasteiger partial charge in [-0.3, -0.25) is 4.79 Å². The Balaban J connectivity index is 1.62. The Morgan fingerprint density at radius 3 is 2.57 bits per heavy atom. The number of para-hydroxylation sites is 1. The third kappa shape index (κ3) is 4.72. The highest BCUT2D eigenvalue weighted by atomic mass is 32.2. The van der Waals surface area contributed by atoms with Crippen LogP contribution in [-0.4, -0.2) is 41.0 Å². The number of aryl methyl sites for hydroxylation is 1. The standard InChI is InChI=1S/C21H27N3O3S/c1-17-11-12-19(24-15-6-10-21(24)25)16-20(17)28(26,27)22-13-7-14-23(2)18-8-4-3-5-9-18/h3-5,8-9,11-12,16,22H,6-7,10,13-15H2,1-2H3. The zero-order chi connectivity index (χ0) is 20.1. The zero-order valence-electron chi connectivity index (χ0n) is 16.4. The van der Waals surface area contributed by atoms with Gasteiger partial charge in [-0.25, -0.2) is 13.1 Å². The predicted octanol–water partition coefficient (Wildman–Crippen LogP) is 2.93. The van der Waals surface area contributed by atoms with Crippen molar-refractivity contribution in [3.8, 4) is 0 Å². The second kappa shape index (κ2) is 8.75. The summed E-state index contributed by atoms with van der Waals surface area (Å²) >= 11 is 0. The maximum atomic E-state index is 12.8. The molecule has 0 radical (unpaired) electrons. The van der Waals surface area contributed by atoms with Gasteiger partial charge in [0, 0.05) is 44.5 Å². The van der Waals surface area contributed by atoms with E-state index >= 15 is 0 Å². The molecular formula is C21H27N3O3S. The van der Waals surface area contributed by atoms with Crippen molar-refractivity contribution in [3.05, 3.63) is 54.1 Å². The van der Waals surface area contributed by atoms with Crippen LogP contribution in [0.15, 0.2) is 53.4 Å². The number of benzene rings is 2. The molecule has 28 heavy (non-hydrogen) atoms. The second-order valence-corrected chi connectivity index (χ2v) is 8.84. The molecule has 6 nitrogen and oxygen atoms in total. The minimum absolute atomic E-state index is 0.0455. The van der Waals surface area contributed by atoms with E-state index in [2.05, 4.69) is 9.62 Å². The first-order chi connectivity index (χ1) is 13.4. The topological polar surface area (TPSA) is 69.7 Å². The molecule has 1 amide bonds. The van der Waals surface area contributed by atoms with Crippen molar-refractivity contribution in [2.75, 3.05) is 36.5 Å². The Morgan fingerprint density at radius 1 is 1.14 bits per heavy atom. The molecule has 7 heteroatoms. The molecule has 1 aliphatic rings. The van der Waals surface area contributed by atoms with Gasteiger partial charge in [0.2, 0.25) is 15.9 Å². The Kier molecular flexibility index (Phi) is 6.36. The monoisotopic (exact) mass is 401 g/mol. The van der Waals surface area contributed by atoms with Crippen LogP contribution in [0.25, 0.3) is 0 Å². The number of amides is 1. The van der Waals surface area contributed by atoms with E-state index in [-0.39, 0.29) is 10.8 Å². The van der Waals surface area contributed by atoms with Crippen molar-refractivity contribution in [3.63, 3.8) is 0 Å². The van der Waals surface area contributed by atoms with Crippen LogP contribution in [-0.2, 0) is 14.8 Å². The maximum Gasteiger partial charge on any atom is 0.240 e. The average Bonchev–Trinajstić information content (AvgIpc) is 3.12. The van der Waals surface area contributed by atoms with Crippen LogP contribution < -0.4 is 14.5 Å². The van der Waals surface area contributed by atoms with Gasteiger partial charge in [-0.1, -0.05) is 24.3 Å². The van der Waals surface area contributed by atoms with Crippen molar-refractivity contribution >= 4 is 27.3 Å². The van der Waals surface area contributed by atoms with E-state index < -0.39 is 10.0 Å². The van der Waals surface area contributed by atoms with Gasteiger partial charge in [0.15, 0.2) is 0 Å². The molecule has 0 aromatic heterocycles. The van der Waals surface area contributed by atoms with Crippen LogP contribution >= 0.6 is 0 Å². The number of nitrogens with zero attached hydrogens (tertiary/aromatic N) is 2. The molecule has 0 atom stereocenters. The lowest BCUT2D eigenvalue weighted by Gasteiger charge is -2.20. The third-order valence-electron chi connectivity index (χ3n) is 5.01. The molecule has 0 bridgehead atoms. The van der Waals surface area contributed by atoms with Gasteiger partial charge in [-0.2, -0.15) is 0 Å². The molecule has 150 valence electrons. The highest BCUT2D eigenvalue weighted by Crippen LogP contribution is 2.26. The first-order valence-corrected chi connectivity index (χ1v) is 11.0. The van der Waals surface area contributed by atoms with Gasteiger partial charge in [-0.05, 0) is 49.6 Å². The summed E-state index contributed by atoms with van der Waals surface area (Å²) in [4.78, 5) is 16.0. The summed E-state index contributed by atoms with van der Waals surface area (Å²) < 4.78 is 28.3. The lowest BCUT2D eigenvalue weighted by Crippen LogP contribution is -2.29.